The SMILES string of the molecule is COCCOCCNS(=O)(=O)c1cc(F)cc(F)c1. The maximum atomic E-state index is 12.9. The summed E-state index contributed by atoms with van der Waals surface area (Å²) in [5, 5.41) is 0. The number of hydrogen-bond acceptors (Lipinski definition) is 4. The molecule has 0 fully saturated rings. The molecule has 1 rings (SSSR count). The summed E-state index contributed by atoms with van der Waals surface area (Å²) in [6, 6.07) is 2.10. The van der Waals surface area contributed by atoms with Crippen LogP contribution in [-0.4, -0.2) is 41.9 Å². The highest BCUT2D eigenvalue weighted by Crippen LogP contribution is 2.13. The molecule has 0 aliphatic carbocycles. The number of hydrogen-bond donors (Lipinski definition) is 1. The van der Waals surface area contributed by atoms with Crippen molar-refractivity contribution in [1.29, 1.82) is 0 Å². The molecule has 1 aromatic carbocycles. The van der Waals surface area contributed by atoms with Crippen molar-refractivity contribution in [1.82, 2.24) is 4.72 Å². The first-order chi connectivity index (χ1) is 8.95. The first-order valence-corrected chi connectivity index (χ1v) is 6.96. The number of halogens is 2. The number of ether oxygens (including phenoxy) is 2. The molecule has 0 amide bonds. The lowest BCUT2D eigenvalue weighted by atomic mass is 10.3. The van der Waals surface area contributed by atoms with Crippen molar-refractivity contribution in [3.63, 3.8) is 0 Å². The molecule has 5 nitrogen and oxygen atoms in total. The molecule has 1 N–H and O–H groups in total. The van der Waals surface area contributed by atoms with E-state index in [2.05, 4.69) is 4.72 Å². The van der Waals surface area contributed by atoms with Gasteiger partial charge in [-0.2, -0.15) is 0 Å². The fourth-order valence-corrected chi connectivity index (χ4v) is 2.31. The summed E-state index contributed by atoms with van der Waals surface area (Å²) >= 11 is 0. The van der Waals surface area contributed by atoms with Crippen LogP contribution < -0.4 is 4.72 Å². The molecule has 108 valence electrons. The van der Waals surface area contributed by atoms with E-state index in [-0.39, 0.29) is 13.2 Å². The minimum atomic E-state index is -3.94. The van der Waals surface area contributed by atoms with E-state index in [1.807, 2.05) is 0 Å². The van der Waals surface area contributed by atoms with Gasteiger partial charge in [0.05, 0.1) is 24.7 Å². The molecule has 0 saturated carbocycles. The molecule has 0 saturated heterocycles. The fourth-order valence-electron chi connectivity index (χ4n) is 1.26. The van der Waals surface area contributed by atoms with Gasteiger partial charge >= 0.3 is 0 Å². The second-order valence-electron chi connectivity index (χ2n) is 3.61. The summed E-state index contributed by atoms with van der Waals surface area (Å²) in [5.41, 5.74) is 0. The first-order valence-electron chi connectivity index (χ1n) is 5.48. The van der Waals surface area contributed by atoms with Gasteiger partial charge in [-0.1, -0.05) is 0 Å². The molecule has 0 bridgehead atoms. The van der Waals surface area contributed by atoms with Crippen LogP contribution in [-0.2, 0) is 19.5 Å². The summed E-state index contributed by atoms with van der Waals surface area (Å²) in [6.45, 7) is 0.888. The molecule has 0 heterocycles. The number of nitrogens with one attached hydrogen (secondary N) is 1. The lowest BCUT2D eigenvalue weighted by Gasteiger charge is -2.07. The van der Waals surface area contributed by atoms with Gasteiger partial charge in [-0.3, -0.25) is 0 Å². The molecule has 0 aliphatic rings. The minimum absolute atomic E-state index is 0.00415. The predicted octanol–water partition coefficient (Wildman–Crippen LogP) is 0.906. The number of benzene rings is 1. The van der Waals surface area contributed by atoms with Gasteiger partial charge in [0, 0.05) is 19.7 Å². The Morgan fingerprint density at radius 3 is 2.32 bits per heavy atom. The van der Waals surface area contributed by atoms with Crippen molar-refractivity contribution in [3.8, 4) is 0 Å². The van der Waals surface area contributed by atoms with Crippen LogP contribution in [0, 0.1) is 11.6 Å². The average Bonchev–Trinajstić information content (AvgIpc) is 2.32. The summed E-state index contributed by atoms with van der Waals surface area (Å²) in [6.07, 6.45) is 0. The smallest absolute Gasteiger partial charge is 0.240 e. The minimum Gasteiger partial charge on any atom is -0.382 e. The molecule has 0 atom stereocenters. The monoisotopic (exact) mass is 295 g/mol. The molecule has 8 heteroatoms. The van der Waals surface area contributed by atoms with Gasteiger partial charge in [0.1, 0.15) is 11.6 Å². The maximum absolute atomic E-state index is 12.9. The van der Waals surface area contributed by atoms with E-state index in [1.54, 1.807) is 0 Å². The van der Waals surface area contributed by atoms with Gasteiger partial charge in [-0.15, -0.1) is 0 Å². The molecule has 0 spiro atoms. The molecular formula is C11H15F2NO4S. The van der Waals surface area contributed by atoms with Crippen molar-refractivity contribution >= 4 is 10.0 Å². The van der Waals surface area contributed by atoms with Crippen molar-refractivity contribution < 1.29 is 26.7 Å². The molecular weight excluding hydrogens is 280 g/mol. The Kier molecular flexibility index (Phi) is 6.29. The van der Waals surface area contributed by atoms with Crippen LogP contribution >= 0.6 is 0 Å². The van der Waals surface area contributed by atoms with Gasteiger partial charge in [-0.05, 0) is 12.1 Å². The third-order valence-electron chi connectivity index (χ3n) is 2.12. The highest BCUT2D eigenvalue weighted by molar-refractivity contribution is 7.89. The van der Waals surface area contributed by atoms with Crippen LogP contribution in [0.1, 0.15) is 0 Å². The van der Waals surface area contributed by atoms with Crippen LogP contribution in [0.5, 0.6) is 0 Å². The van der Waals surface area contributed by atoms with E-state index in [4.69, 9.17) is 9.47 Å². The second kappa shape index (κ2) is 7.49. The first kappa shape index (κ1) is 16.0. The van der Waals surface area contributed by atoms with E-state index in [0.29, 0.717) is 19.3 Å². The van der Waals surface area contributed by atoms with Crippen LogP contribution in [0.25, 0.3) is 0 Å². The van der Waals surface area contributed by atoms with E-state index in [0.717, 1.165) is 12.1 Å². The summed E-state index contributed by atoms with van der Waals surface area (Å²) < 4.78 is 61.2. The molecule has 0 aliphatic heterocycles. The van der Waals surface area contributed by atoms with Crippen molar-refractivity contribution in [2.45, 2.75) is 4.90 Å². The third kappa shape index (κ3) is 5.60. The highest BCUT2D eigenvalue weighted by Gasteiger charge is 2.15. The van der Waals surface area contributed by atoms with Gasteiger partial charge in [0.25, 0.3) is 0 Å². The Hall–Kier alpha value is -1.09. The van der Waals surface area contributed by atoms with Gasteiger partial charge in [0.2, 0.25) is 10.0 Å². The molecule has 19 heavy (non-hydrogen) atoms. The quantitative estimate of drug-likeness (QED) is 0.724. The van der Waals surface area contributed by atoms with E-state index in [9.17, 15) is 17.2 Å². The lowest BCUT2D eigenvalue weighted by Crippen LogP contribution is -2.28. The topological polar surface area (TPSA) is 64.6 Å². The summed E-state index contributed by atoms with van der Waals surface area (Å²) in [5.74, 6) is -1.89. The lowest BCUT2D eigenvalue weighted by molar-refractivity contribution is 0.0736. The molecule has 0 aromatic heterocycles. The highest BCUT2D eigenvalue weighted by atomic mass is 32.2. The number of sulfonamides is 1. The maximum Gasteiger partial charge on any atom is 0.240 e. The van der Waals surface area contributed by atoms with Gasteiger partial charge < -0.3 is 9.47 Å². The van der Waals surface area contributed by atoms with Crippen LogP contribution in [0.2, 0.25) is 0 Å². The molecule has 0 unspecified atom stereocenters. The standard InChI is InChI=1S/C11H15F2NO4S/c1-17-4-5-18-3-2-14-19(15,16)11-7-9(12)6-10(13)8-11/h6-8,14H,2-5H2,1H3. The van der Waals surface area contributed by atoms with Gasteiger partial charge in [-0.25, -0.2) is 21.9 Å². The average molecular weight is 295 g/mol. The van der Waals surface area contributed by atoms with Crippen LogP contribution in [0.3, 0.4) is 0 Å². The Morgan fingerprint density at radius 1 is 1.11 bits per heavy atom. The normalized spacial score (nSPS) is 11.7. The third-order valence-corrected chi connectivity index (χ3v) is 3.56. The van der Waals surface area contributed by atoms with E-state index >= 15 is 0 Å². The van der Waals surface area contributed by atoms with Crippen molar-refractivity contribution in [2.24, 2.45) is 0 Å². The van der Waals surface area contributed by atoms with Gasteiger partial charge in [0.15, 0.2) is 0 Å². The Balaban J connectivity index is 2.51. The Bertz CT molecular complexity index is 487. The van der Waals surface area contributed by atoms with E-state index < -0.39 is 26.6 Å². The Morgan fingerprint density at radius 2 is 1.74 bits per heavy atom. The fraction of sp³-hybridized carbons (Fsp3) is 0.455. The van der Waals surface area contributed by atoms with Crippen molar-refractivity contribution in [2.75, 3.05) is 33.5 Å². The Labute approximate surface area is 110 Å². The zero-order chi connectivity index (χ0) is 14.3. The molecule has 0 radical (unpaired) electrons. The summed E-state index contributed by atoms with van der Waals surface area (Å²) in [7, 11) is -2.42. The predicted molar refractivity (Wildman–Crippen MR) is 64.2 cm³/mol. The zero-order valence-electron chi connectivity index (χ0n) is 10.4. The summed E-state index contributed by atoms with van der Waals surface area (Å²) in [4.78, 5) is -0.457. The zero-order valence-corrected chi connectivity index (χ0v) is 11.2. The molecule has 1 aromatic rings. The van der Waals surface area contributed by atoms with Crippen molar-refractivity contribution in [3.05, 3.63) is 29.8 Å². The number of methoxy groups -OCH3 is 1. The second-order valence-corrected chi connectivity index (χ2v) is 5.38. The van der Waals surface area contributed by atoms with Crippen LogP contribution in [0.4, 0.5) is 8.78 Å². The van der Waals surface area contributed by atoms with Crippen LogP contribution in [0.15, 0.2) is 23.1 Å². The largest absolute Gasteiger partial charge is 0.382 e. The van der Waals surface area contributed by atoms with E-state index in [1.165, 1.54) is 7.11 Å². The number of rotatable bonds is 8.